The minimum Gasteiger partial charge on any atom is -0.495 e. The third-order valence-corrected chi connectivity index (χ3v) is 5.23. The summed E-state index contributed by atoms with van der Waals surface area (Å²) < 4.78 is 31.7. The van der Waals surface area contributed by atoms with Gasteiger partial charge in [-0.3, -0.25) is 14.4 Å². The Bertz CT molecular complexity index is 849. The standard InChI is InChI=1S/C15H16N2O5S/c1-11-8-9-12(10-14(11)17(18)19)23(20,21)16(2)13-6-4-5-7-15(13)22-3/h4-10H,1-3H3. The first-order valence-corrected chi connectivity index (χ1v) is 8.10. The maximum absolute atomic E-state index is 12.7. The molecule has 0 atom stereocenters. The molecule has 0 heterocycles. The van der Waals surface area contributed by atoms with Crippen molar-refractivity contribution in [3.05, 3.63) is 58.1 Å². The van der Waals surface area contributed by atoms with Gasteiger partial charge in [-0.2, -0.15) is 0 Å². The van der Waals surface area contributed by atoms with E-state index in [0.29, 0.717) is 17.0 Å². The molecule has 0 amide bonds. The third-order valence-electron chi connectivity index (χ3n) is 3.46. The first-order chi connectivity index (χ1) is 10.8. The van der Waals surface area contributed by atoms with Gasteiger partial charge >= 0.3 is 0 Å². The molecule has 8 heteroatoms. The van der Waals surface area contributed by atoms with Crippen LogP contribution in [-0.2, 0) is 10.0 Å². The molecule has 0 saturated heterocycles. The molecule has 2 aromatic rings. The normalized spacial score (nSPS) is 11.1. The Kier molecular flexibility index (Phi) is 4.55. The number of ether oxygens (including phenoxy) is 1. The average molecular weight is 336 g/mol. The summed E-state index contributed by atoms with van der Waals surface area (Å²) in [5, 5.41) is 11.0. The van der Waals surface area contributed by atoms with Crippen LogP contribution in [0.5, 0.6) is 5.75 Å². The zero-order valence-electron chi connectivity index (χ0n) is 12.9. The molecule has 0 radical (unpaired) electrons. The van der Waals surface area contributed by atoms with E-state index in [1.54, 1.807) is 31.2 Å². The summed E-state index contributed by atoms with van der Waals surface area (Å²) in [5.74, 6) is 0.389. The molecule has 0 fully saturated rings. The Morgan fingerprint density at radius 2 is 1.83 bits per heavy atom. The highest BCUT2D eigenvalue weighted by atomic mass is 32.2. The van der Waals surface area contributed by atoms with Crippen molar-refractivity contribution in [2.24, 2.45) is 0 Å². The Balaban J connectivity index is 2.54. The van der Waals surface area contributed by atoms with Gasteiger partial charge in [-0.15, -0.1) is 0 Å². The minimum atomic E-state index is -3.95. The number of nitro groups is 1. The van der Waals surface area contributed by atoms with Crippen LogP contribution in [0.15, 0.2) is 47.4 Å². The molecular formula is C15H16N2O5S. The summed E-state index contributed by atoms with van der Waals surface area (Å²) in [6.45, 7) is 1.55. The van der Waals surface area contributed by atoms with Crippen molar-refractivity contribution < 1.29 is 18.1 Å². The maximum atomic E-state index is 12.7. The van der Waals surface area contributed by atoms with E-state index in [-0.39, 0.29) is 10.6 Å². The number of nitro benzene ring substituents is 1. The second-order valence-corrected chi connectivity index (χ2v) is 6.82. The summed E-state index contributed by atoms with van der Waals surface area (Å²) in [6, 6.07) is 10.5. The van der Waals surface area contributed by atoms with Crippen LogP contribution in [0, 0.1) is 17.0 Å². The summed E-state index contributed by atoms with van der Waals surface area (Å²) in [6.07, 6.45) is 0. The van der Waals surface area contributed by atoms with E-state index in [0.717, 1.165) is 10.4 Å². The average Bonchev–Trinajstić information content (AvgIpc) is 2.53. The van der Waals surface area contributed by atoms with E-state index in [4.69, 9.17) is 4.74 Å². The highest BCUT2D eigenvalue weighted by Gasteiger charge is 2.26. The lowest BCUT2D eigenvalue weighted by Gasteiger charge is -2.21. The van der Waals surface area contributed by atoms with E-state index in [1.165, 1.54) is 26.3 Å². The second-order valence-electron chi connectivity index (χ2n) is 4.85. The summed E-state index contributed by atoms with van der Waals surface area (Å²) in [5.41, 5.74) is 0.506. The zero-order chi connectivity index (χ0) is 17.2. The monoisotopic (exact) mass is 336 g/mol. The molecule has 0 aliphatic carbocycles. The smallest absolute Gasteiger partial charge is 0.273 e. The van der Waals surface area contributed by atoms with Gasteiger partial charge in [0.2, 0.25) is 0 Å². The van der Waals surface area contributed by atoms with E-state index in [9.17, 15) is 18.5 Å². The van der Waals surface area contributed by atoms with Crippen LogP contribution < -0.4 is 9.04 Å². The summed E-state index contributed by atoms with van der Waals surface area (Å²) in [7, 11) is -1.13. The number of methoxy groups -OCH3 is 1. The fourth-order valence-electron chi connectivity index (χ4n) is 2.12. The SMILES string of the molecule is COc1ccccc1N(C)S(=O)(=O)c1ccc(C)c([N+](=O)[O-])c1. The van der Waals surface area contributed by atoms with Crippen LogP contribution >= 0.6 is 0 Å². The molecule has 7 nitrogen and oxygen atoms in total. The highest BCUT2D eigenvalue weighted by molar-refractivity contribution is 7.92. The van der Waals surface area contributed by atoms with Gasteiger partial charge in [0, 0.05) is 18.7 Å². The van der Waals surface area contributed by atoms with Crippen LogP contribution in [0.2, 0.25) is 0 Å². The van der Waals surface area contributed by atoms with Gasteiger partial charge in [-0.25, -0.2) is 8.42 Å². The zero-order valence-corrected chi connectivity index (χ0v) is 13.7. The number of aryl methyl sites for hydroxylation is 1. The lowest BCUT2D eigenvalue weighted by molar-refractivity contribution is -0.385. The van der Waals surface area contributed by atoms with E-state index < -0.39 is 14.9 Å². The molecule has 0 aliphatic heterocycles. The van der Waals surface area contributed by atoms with Gasteiger partial charge in [0.15, 0.2) is 0 Å². The number of sulfonamides is 1. The predicted molar refractivity (Wildman–Crippen MR) is 86.4 cm³/mol. The van der Waals surface area contributed by atoms with E-state index in [1.807, 2.05) is 0 Å². The van der Waals surface area contributed by atoms with Crippen LogP contribution in [0.3, 0.4) is 0 Å². The lowest BCUT2D eigenvalue weighted by Crippen LogP contribution is -2.27. The van der Waals surface area contributed by atoms with E-state index >= 15 is 0 Å². The molecule has 0 N–H and O–H groups in total. The first kappa shape index (κ1) is 16.8. The van der Waals surface area contributed by atoms with Gasteiger partial charge in [0.05, 0.1) is 22.6 Å². The van der Waals surface area contributed by atoms with Crippen molar-refractivity contribution in [2.45, 2.75) is 11.8 Å². The Morgan fingerprint density at radius 1 is 1.17 bits per heavy atom. The van der Waals surface area contributed by atoms with E-state index in [2.05, 4.69) is 0 Å². The number of nitrogens with zero attached hydrogens (tertiary/aromatic N) is 2. The molecule has 2 rings (SSSR count). The number of hydrogen-bond acceptors (Lipinski definition) is 5. The van der Waals surface area contributed by atoms with Gasteiger partial charge in [0.25, 0.3) is 15.7 Å². The highest BCUT2D eigenvalue weighted by Crippen LogP contribution is 2.32. The largest absolute Gasteiger partial charge is 0.495 e. The second kappa shape index (κ2) is 6.25. The maximum Gasteiger partial charge on any atom is 0.273 e. The topological polar surface area (TPSA) is 89.8 Å². The first-order valence-electron chi connectivity index (χ1n) is 6.66. The minimum absolute atomic E-state index is 0.150. The number of para-hydroxylation sites is 2. The van der Waals surface area contributed by atoms with Crippen LogP contribution in [0.1, 0.15) is 5.56 Å². The molecule has 2 aromatic carbocycles. The fraction of sp³-hybridized carbons (Fsp3) is 0.200. The van der Waals surface area contributed by atoms with Crippen molar-refractivity contribution >= 4 is 21.4 Å². The van der Waals surface area contributed by atoms with Crippen molar-refractivity contribution in [3.63, 3.8) is 0 Å². The van der Waals surface area contributed by atoms with Crippen molar-refractivity contribution in [2.75, 3.05) is 18.5 Å². The lowest BCUT2D eigenvalue weighted by atomic mass is 10.2. The van der Waals surface area contributed by atoms with Gasteiger partial charge in [-0.1, -0.05) is 18.2 Å². The molecule has 0 aliphatic rings. The van der Waals surface area contributed by atoms with Crippen LogP contribution in [0.25, 0.3) is 0 Å². The van der Waals surface area contributed by atoms with Crippen LogP contribution in [-0.4, -0.2) is 27.5 Å². The Labute approximate surface area is 134 Å². The number of anilines is 1. The Morgan fingerprint density at radius 3 is 2.43 bits per heavy atom. The number of rotatable bonds is 5. The van der Waals surface area contributed by atoms with Gasteiger partial charge in [-0.05, 0) is 25.1 Å². The predicted octanol–water partition coefficient (Wildman–Crippen LogP) is 2.74. The number of hydrogen-bond donors (Lipinski definition) is 0. The molecule has 23 heavy (non-hydrogen) atoms. The summed E-state index contributed by atoms with van der Waals surface area (Å²) >= 11 is 0. The van der Waals surface area contributed by atoms with Crippen molar-refractivity contribution in [3.8, 4) is 5.75 Å². The van der Waals surface area contributed by atoms with Crippen molar-refractivity contribution in [1.82, 2.24) is 0 Å². The third kappa shape index (κ3) is 3.11. The Hall–Kier alpha value is -2.61. The van der Waals surface area contributed by atoms with Gasteiger partial charge < -0.3 is 4.74 Å². The molecule has 0 unspecified atom stereocenters. The van der Waals surface area contributed by atoms with Crippen LogP contribution in [0.4, 0.5) is 11.4 Å². The molecule has 0 bridgehead atoms. The quantitative estimate of drug-likeness (QED) is 0.618. The van der Waals surface area contributed by atoms with Crippen molar-refractivity contribution in [1.29, 1.82) is 0 Å². The van der Waals surface area contributed by atoms with Gasteiger partial charge in [0.1, 0.15) is 5.75 Å². The molecule has 0 aromatic heterocycles. The number of benzene rings is 2. The molecule has 0 saturated carbocycles. The summed E-state index contributed by atoms with van der Waals surface area (Å²) in [4.78, 5) is 10.3. The molecule has 122 valence electrons. The molecule has 0 spiro atoms. The molecular weight excluding hydrogens is 320 g/mol. The fourth-order valence-corrected chi connectivity index (χ4v) is 3.35.